The lowest BCUT2D eigenvalue weighted by Gasteiger charge is -2.32. The van der Waals surface area contributed by atoms with Crippen molar-refractivity contribution in [1.82, 2.24) is 0 Å². The zero-order chi connectivity index (χ0) is 9.78. The highest BCUT2D eigenvalue weighted by atomic mass is 16.5. The summed E-state index contributed by atoms with van der Waals surface area (Å²) in [5.74, 6) is 2.42. The second-order valence-electron chi connectivity index (χ2n) is 4.00. The number of methoxy groups -OCH3 is 1. The number of aliphatic hydroxyl groups excluding tert-OH is 1. The number of aliphatic hydroxyl groups is 1. The Kier molecular flexibility index (Phi) is 4.30. The molecule has 0 saturated carbocycles. The van der Waals surface area contributed by atoms with Crippen LogP contribution in [-0.4, -0.2) is 24.4 Å². The van der Waals surface area contributed by atoms with Gasteiger partial charge in [0.2, 0.25) is 0 Å². The topological polar surface area (TPSA) is 29.5 Å². The Hall–Kier alpha value is -0.520. The molecule has 0 fully saturated rings. The lowest BCUT2D eigenvalue weighted by atomic mass is 9.85. The number of rotatable bonds is 3. The molecule has 0 aromatic rings. The third-order valence-corrected chi connectivity index (χ3v) is 1.78. The maximum Gasteiger partial charge on any atom is 0.0915 e. The highest BCUT2D eigenvalue weighted by Gasteiger charge is 2.30. The molecule has 0 heterocycles. The highest BCUT2D eigenvalue weighted by molar-refractivity contribution is 4.92. The van der Waals surface area contributed by atoms with Crippen LogP contribution in [0.4, 0.5) is 0 Å². The maximum atomic E-state index is 9.58. The van der Waals surface area contributed by atoms with Gasteiger partial charge in [-0.1, -0.05) is 20.8 Å². The largest absolute Gasteiger partial charge is 0.389 e. The van der Waals surface area contributed by atoms with Gasteiger partial charge in [-0.3, -0.25) is 0 Å². The van der Waals surface area contributed by atoms with Gasteiger partial charge in [0.15, 0.2) is 0 Å². The van der Waals surface area contributed by atoms with Crippen LogP contribution in [0.5, 0.6) is 0 Å². The summed E-state index contributed by atoms with van der Waals surface area (Å²) in [6.07, 6.45) is 4.67. The van der Waals surface area contributed by atoms with Crippen LogP contribution in [0.15, 0.2) is 0 Å². The van der Waals surface area contributed by atoms with Gasteiger partial charge in [-0.25, -0.2) is 0 Å². The van der Waals surface area contributed by atoms with E-state index in [1.807, 2.05) is 20.8 Å². The highest BCUT2D eigenvalue weighted by Crippen LogP contribution is 2.25. The van der Waals surface area contributed by atoms with E-state index >= 15 is 0 Å². The van der Waals surface area contributed by atoms with Crippen LogP contribution in [0.25, 0.3) is 0 Å². The van der Waals surface area contributed by atoms with E-state index in [1.165, 1.54) is 0 Å². The molecule has 2 heteroatoms. The first kappa shape index (κ1) is 11.5. The summed E-state index contributed by atoms with van der Waals surface area (Å²) >= 11 is 0. The molecule has 12 heavy (non-hydrogen) atoms. The lowest BCUT2D eigenvalue weighted by molar-refractivity contribution is -0.0681. The molecule has 0 rings (SSSR count). The van der Waals surface area contributed by atoms with Crippen molar-refractivity contribution in [3.8, 4) is 12.3 Å². The molecular formula is C10H18O2. The van der Waals surface area contributed by atoms with Crippen molar-refractivity contribution in [2.24, 2.45) is 5.41 Å². The SMILES string of the molecule is C#CCC(O)C(OC)C(C)(C)C. The third kappa shape index (κ3) is 3.25. The van der Waals surface area contributed by atoms with Crippen molar-refractivity contribution in [3.05, 3.63) is 0 Å². The molecule has 70 valence electrons. The normalized spacial score (nSPS) is 16.7. The van der Waals surface area contributed by atoms with Crippen molar-refractivity contribution >= 4 is 0 Å². The van der Waals surface area contributed by atoms with Crippen LogP contribution in [0.1, 0.15) is 27.2 Å². The van der Waals surface area contributed by atoms with Gasteiger partial charge in [-0.2, -0.15) is 0 Å². The summed E-state index contributed by atoms with van der Waals surface area (Å²) in [6, 6.07) is 0. The molecule has 0 amide bonds. The molecule has 2 unspecified atom stereocenters. The first-order chi connectivity index (χ1) is 5.43. The van der Waals surface area contributed by atoms with E-state index in [-0.39, 0.29) is 11.5 Å². The van der Waals surface area contributed by atoms with Gasteiger partial charge < -0.3 is 9.84 Å². The molecule has 0 aliphatic rings. The van der Waals surface area contributed by atoms with E-state index in [4.69, 9.17) is 11.2 Å². The van der Waals surface area contributed by atoms with Crippen molar-refractivity contribution < 1.29 is 9.84 Å². The molecule has 2 atom stereocenters. The first-order valence-corrected chi connectivity index (χ1v) is 4.07. The van der Waals surface area contributed by atoms with Crippen molar-refractivity contribution in [2.75, 3.05) is 7.11 Å². The van der Waals surface area contributed by atoms with E-state index < -0.39 is 6.10 Å². The van der Waals surface area contributed by atoms with E-state index in [0.717, 1.165) is 0 Å². The molecule has 0 saturated heterocycles. The molecule has 0 aliphatic carbocycles. The van der Waals surface area contributed by atoms with Crippen LogP contribution in [0, 0.1) is 17.8 Å². The number of terminal acetylenes is 1. The summed E-state index contributed by atoms with van der Waals surface area (Å²) in [5, 5.41) is 9.58. The molecule has 0 aromatic carbocycles. The fourth-order valence-electron chi connectivity index (χ4n) is 1.32. The van der Waals surface area contributed by atoms with E-state index in [2.05, 4.69) is 5.92 Å². The Morgan fingerprint density at radius 3 is 2.25 bits per heavy atom. The summed E-state index contributed by atoms with van der Waals surface area (Å²) in [7, 11) is 1.59. The fourth-order valence-corrected chi connectivity index (χ4v) is 1.32. The molecule has 0 bridgehead atoms. The Balaban J connectivity index is 4.26. The summed E-state index contributed by atoms with van der Waals surface area (Å²) < 4.78 is 5.18. The number of ether oxygens (including phenoxy) is 1. The van der Waals surface area contributed by atoms with Crippen molar-refractivity contribution in [1.29, 1.82) is 0 Å². The van der Waals surface area contributed by atoms with Gasteiger partial charge in [-0.15, -0.1) is 12.3 Å². The predicted molar refractivity (Wildman–Crippen MR) is 49.7 cm³/mol. The molecule has 0 aromatic heterocycles. The second kappa shape index (κ2) is 4.49. The van der Waals surface area contributed by atoms with Crippen LogP contribution in [-0.2, 0) is 4.74 Å². The summed E-state index contributed by atoms with van der Waals surface area (Å²) in [6.45, 7) is 6.04. The average Bonchev–Trinajstić information content (AvgIpc) is 1.85. The fraction of sp³-hybridized carbons (Fsp3) is 0.800. The van der Waals surface area contributed by atoms with Gasteiger partial charge >= 0.3 is 0 Å². The smallest absolute Gasteiger partial charge is 0.0915 e. The van der Waals surface area contributed by atoms with Crippen LogP contribution in [0.3, 0.4) is 0 Å². The number of hydrogen-bond donors (Lipinski definition) is 1. The minimum absolute atomic E-state index is 0.0784. The Bertz CT molecular complexity index is 162. The van der Waals surface area contributed by atoms with Crippen molar-refractivity contribution in [2.45, 2.75) is 39.4 Å². The Morgan fingerprint density at radius 2 is 2.00 bits per heavy atom. The van der Waals surface area contributed by atoms with Crippen LogP contribution >= 0.6 is 0 Å². The Labute approximate surface area is 74.9 Å². The molecule has 1 N–H and O–H groups in total. The standard InChI is InChI=1S/C10H18O2/c1-6-7-8(11)9(12-5)10(2,3)4/h1,8-9,11H,7H2,2-5H3. The minimum Gasteiger partial charge on any atom is -0.389 e. The second-order valence-corrected chi connectivity index (χ2v) is 4.00. The van der Waals surface area contributed by atoms with Crippen LogP contribution < -0.4 is 0 Å². The summed E-state index contributed by atoms with van der Waals surface area (Å²) in [5.41, 5.74) is -0.0784. The lowest BCUT2D eigenvalue weighted by Crippen LogP contribution is -2.39. The van der Waals surface area contributed by atoms with Gasteiger partial charge in [0.05, 0.1) is 12.2 Å². The van der Waals surface area contributed by atoms with Gasteiger partial charge in [0, 0.05) is 13.5 Å². The molecule has 2 nitrogen and oxygen atoms in total. The zero-order valence-corrected chi connectivity index (χ0v) is 8.29. The molecule has 0 radical (unpaired) electrons. The van der Waals surface area contributed by atoms with Gasteiger partial charge in [-0.05, 0) is 5.41 Å². The quantitative estimate of drug-likeness (QED) is 0.649. The predicted octanol–water partition coefficient (Wildman–Crippen LogP) is 1.43. The number of hydrogen-bond acceptors (Lipinski definition) is 2. The van der Waals surface area contributed by atoms with E-state index in [9.17, 15) is 5.11 Å². The monoisotopic (exact) mass is 170 g/mol. The average molecular weight is 170 g/mol. The van der Waals surface area contributed by atoms with Gasteiger partial charge in [0.25, 0.3) is 0 Å². The minimum atomic E-state index is -0.569. The zero-order valence-electron chi connectivity index (χ0n) is 8.29. The molecule has 0 spiro atoms. The Morgan fingerprint density at radius 1 is 1.50 bits per heavy atom. The van der Waals surface area contributed by atoms with E-state index in [1.54, 1.807) is 7.11 Å². The van der Waals surface area contributed by atoms with Crippen molar-refractivity contribution in [3.63, 3.8) is 0 Å². The first-order valence-electron chi connectivity index (χ1n) is 4.07. The summed E-state index contributed by atoms with van der Waals surface area (Å²) in [4.78, 5) is 0. The van der Waals surface area contributed by atoms with E-state index in [0.29, 0.717) is 6.42 Å². The maximum absolute atomic E-state index is 9.58. The third-order valence-electron chi connectivity index (χ3n) is 1.78. The van der Waals surface area contributed by atoms with Gasteiger partial charge in [0.1, 0.15) is 0 Å². The van der Waals surface area contributed by atoms with Crippen LogP contribution in [0.2, 0.25) is 0 Å². The molecular weight excluding hydrogens is 152 g/mol. The molecule has 0 aliphatic heterocycles.